The number of aromatic nitrogens is 2. The summed E-state index contributed by atoms with van der Waals surface area (Å²) in [5, 5.41) is 7.99. The first-order valence-electron chi connectivity index (χ1n) is 6.71. The summed E-state index contributed by atoms with van der Waals surface area (Å²) < 4.78 is 12.5. The first-order chi connectivity index (χ1) is 9.51. The van der Waals surface area contributed by atoms with Gasteiger partial charge in [-0.3, -0.25) is 0 Å². The minimum absolute atomic E-state index is 0.0858. The van der Waals surface area contributed by atoms with Crippen LogP contribution >= 0.6 is 0 Å². The number of hydrogen-bond acceptors (Lipinski definition) is 4. The zero-order valence-corrected chi connectivity index (χ0v) is 12.0. The summed E-state index contributed by atoms with van der Waals surface area (Å²) in [6.07, 6.45) is 1.96. The maximum absolute atomic E-state index is 5.38. The van der Waals surface area contributed by atoms with Crippen LogP contribution in [0, 0.1) is 0 Å². The number of ether oxygens (including phenoxy) is 2. The highest BCUT2D eigenvalue weighted by molar-refractivity contribution is 5.49. The van der Waals surface area contributed by atoms with Gasteiger partial charge >= 0.3 is 0 Å². The smallest absolute Gasteiger partial charge is 0.231 e. The van der Waals surface area contributed by atoms with Gasteiger partial charge in [0.1, 0.15) is 0 Å². The van der Waals surface area contributed by atoms with E-state index in [2.05, 4.69) is 31.2 Å². The van der Waals surface area contributed by atoms with Crippen molar-refractivity contribution < 1.29 is 9.47 Å². The van der Waals surface area contributed by atoms with E-state index >= 15 is 0 Å². The van der Waals surface area contributed by atoms with Crippen LogP contribution in [0.2, 0.25) is 0 Å². The lowest BCUT2D eigenvalue weighted by Gasteiger charge is -2.19. The number of benzene rings is 1. The van der Waals surface area contributed by atoms with E-state index in [1.165, 1.54) is 0 Å². The molecule has 0 unspecified atom stereocenters. The number of fused-ring (bicyclic) bond motifs is 1. The summed E-state index contributed by atoms with van der Waals surface area (Å²) in [6.45, 7) is 7.46. The normalized spacial score (nSPS) is 13.8. The second-order valence-corrected chi connectivity index (χ2v) is 5.89. The molecule has 106 valence electrons. The molecule has 0 bridgehead atoms. The Bertz CT molecular complexity index is 614. The lowest BCUT2D eigenvalue weighted by Crippen LogP contribution is -2.35. The van der Waals surface area contributed by atoms with Crippen LogP contribution in [0.5, 0.6) is 11.5 Å². The van der Waals surface area contributed by atoms with Crippen molar-refractivity contribution in [1.82, 2.24) is 15.1 Å². The monoisotopic (exact) mass is 273 g/mol. The SMILES string of the molecule is CC(C)(C)NCc1ccn(-c2ccc3c(c2)OCO3)n1. The molecule has 1 aliphatic rings. The van der Waals surface area contributed by atoms with E-state index in [1.807, 2.05) is 35.1 Å². The topological polar surface area (TPSA) is 48.3 Å². The van der Waals surface area contributed by atoms with E-state index in [0.717, 1.165) is 29.4 Å². The Balaban J connectivity index is 1.76. The fourth-order valence-corrected chi connectivity index (χ4v) is 1.98. The number of rotatable bonds is 3. The Hall–Kier alpha value is -2.01. The minimum atomic E-state index is 0.0858. The summed E-state index contributed by atoms with van der Waals surface area (Å²) in [4.78, 5) is 0. The summed E-state index contributed by atoms with van der Waals surface area (Å²) in [5.74, 6) is 1.56. The average Bonchev–Trinajstić information content (AvgIpc) is 3.03. The number of nitrogens with one attached hydrogen (secondary N) is 1. The Morgan fingerprint density at radius 2 is 2.00 bits per heavy atom. The Labute approximate surface area is 118 Å². The molecular weight excluding hydrogens is 254 g/mol. The predicted molar refractivity (Wildman–Crippen MR) is 76.3 cm³/mol. The van der Waals surface area contributed by atoms with Crippen LogP contribution in [0.15, 0.2) is 30.5 Å². The van der Waals surface area contributed by atoms with Gasteiger partial charge in [-0.25, -0.2) is 4.68 Å². The van der Waals surface area contributed by atoms with E-state index in [0.29, 0.717) is 6.79 Å². The molecule has 2 aromatic rings. The summed E-state index contributed by atoms with van der Waals surface area (Å²) >= 11 is 0. The van der Waals surface area contributed by atoms with Gasteiger partial charge in [-0.1, -0.05) is 0 Å². The van der Waals surface area contributed by atoms with Crippen LogP contribution in [0.4, 0.5) is 0 Å². The lowest BCUT2D eigenvalue weighted by atomic mass is 10.1. The molecule has 3 rings (SSSR count). The second-order valence-electron chi connectivity index (χ2n) is 5.89. The van der Waals surface area contributed by atoms with Crippen molar-refractivity contribution in [3.05, 3.63) is 36.2 Å². The molecule has 0 saturated carbocycles. The largest absolute Gasteiger partial charge is 0.454 e. The maximum atomic E-state index is 5.38. The Morgan fingerprint density at radius 3 is 2.80 bits per heavy atom. The van der Waals surface area contributed by atoms with Crippen LogP contribution in [0.25, 0.3) is 5.69 Å². The first-order valence-corrected chi connectivity index (χ1v) is 6.71. The molecular formula is C15H19N3O2. The van der Waals surface area contributed by atoms with Gasteiger partial charge in [0, 0.05) is 24.3 Å². The molecule has 1 aromatic heterocycles. The molecule has 1 aliphatic heterocycles. The van der Waals surface area contributed by atoms with Crippen molar-refractivity contribution in [1.29, 1.82) is 0 Å². The molecule has 0 radical (unpaired) electrons. The highest BCUT2D eigenvalue weighted by Gasteiger charge is 2.14. The summed E-state index contributed by atoms with van der Waals surface area (Å²) in [5.41, 5.74) is 2.07. The number of nitrogens with zero attached hydrogens (tertiary/aromatic N) is 2. The van der Waals surface area contributed by atoms with E-state index in [-0.39, 0.29) is 5.54 Å². The molecule has 1 aromatic carbocycles. The highest BCUT2D eigenvalue weighted by atomic mass is 16.7. The average molecular weight is 273 g/mol. The zero-order chi connectivity index (χ0) is 14.2. The lowest BCUT2D eigenvalue weighted by molar-refractivity contribution is 0.174. The predicted octanol–water partition coefficient (Wildman–Crippen LogP) is 2.49. The van der Waals surface area contributed by atoms with Crippen molar-refractivity contribution in [3.8, 4) is 17.2 Å². The molecule has 2 heterocycles. The van der Waals surface area contributed by atoms with Gasteiger partial charge in [0.15, 0.2) is 11.5 Å². The molecule has 0 saturated heterocycles. The molecule has 0 aliphatic carbocycles. The van der Waals surface area contributed by atoms with Gasteiger partial charge < -0.3 is 14.8 Å². The third-order valence-corrected chi connectivity index (χ3v) is 3.06. The van der Waals surface area contributed by atoms with Crippen LogP contribution in [0.1, 0.15) is 26.5 Å². The fraction of sp³-hybridized carbons (Fsp3) is 0.400. The van der Waals surface area contributed by atoms with Crippen molar-refractivity contribution in [2.75, 3.05) is 6.79 Å². The molecule has 5 heteroatoms. The van der Waals surface area contributed by atoms with E-state index in [1.54, 1.807) is 0 Å². The molecule has 0 fully saturated rings. The molecule has 0 atom stereocenters. The van der Waals surface area contributed by atoms with Gasteiger partial charge in [-0.05, 0) is 39.0 Å². The van der Waals surface area contributed by atoms with Crippen LogP contribution in [0.3, 0.4) is 0 Å². The number of hydrogen-bond donors (Lipinski definition) is 1. The van der Waals surface area contributed by atoms with E-state index < -0.39 is 0 Å². The molecule has 0 amide bonds. The van der Waals surface area contributed by atoms with Gasteiger partial charge in [-0.2, -0.15) is 5.10 Å². The Morgan fingerprint density at radius 1 is 1.20 bits per heavy atom. The van der Waals surface area contributed by atoms with E-state index in [9.17, 15) is 0 Å². The van der Waals surface area contributed by atoms with Crippen molar-refractivity contribution in [3.63, 3.8) is 0 Å². The quantitative estimate of drug-likeness (QED) is 0.933. The fourth-order valence-electron chi connectivity index (χ4n) is 1.98. The van der Waals surface area contributed by atoms with Gasteiger partial charge in [0.05, 0.1) is 11.4 Å². The molecule has 1 N–H and O–H groups in total. The third kappa shape index (κ3) is 2.77. The second kappa shape index (κ2) is 4.83. The standard InChI is InChI=1S/C15H19N3O2/c1-15(2,3)16-9-11-6-7-18(17-11)12-4-5-13-14(8-12)20-10-19-13/h4-8,16H,9-10H2,1-3H3. The van der Waals surface area contributed by atoms with Crippen LogP contribution < -0.4 is 14.8 Å². The zero-order valence-electron chi connectivity index (χ0n) is 12.0. The van der Waals surface area contributed by atoms with Crippen LogP contribution in [-0.4, -0.2) is 22.1 Å². The van der Waals surface area contributed by atoms with Crippen LogP contribution in [-0.2, 0) is 6.54 Å². The Kier molecular flexibility index (Phi) is 3.14. The molecule has 20 heavy (non-hydrogen) atoms. The molecule has 5 nitrogen and oxygen atoms in total. The third-order valence-electron chi connectivity index (χ3n) is 3.06. The van der Waals surface area contributed by atoms with Gasteiger partial charge in [0.2, 0.25) is 6.79 Å². The van der Waals surface area contributed by atoms with E-state index in [4.69, 9.17) is 9.47 Å². The highest BCUT2D eigenvalue weighted by Crippen LogP contribution is 2.33. The summed E-state index contributed by atoms with van der Waals surface area (Å²) in [7, 11) is 0. The summed E-state index contributed by atoms with van der Waals surface area (Å²) in [6, 6.07) is 7.84. The van der Waals surface area contributed by atoms with Gasteiger partial charge in [-0.15, -0.1) is 0 Å². The maximum Gasteiger partial charge on any atom is 0.231 e. The van der Waals surface area contributed by atoms with Crippen molar-refractivity contribution in [2.45, 2.75) is 32.9 Å². The minimum Gasteiger partial charge on any atom is -0.454 e. The van der Waals surface area contributed by atoms with Crippen molar-refractivity contribution in [2.24, 2.45) is 0 Å². The van der Waals surface area contributed by atoms with Crippen molar-refractivity contribution >= 4 is 0 Å². The first kappa shape index (κ1) is 13.0. The van der Waals surface area contributed by atoms with Gasteiger partial charge in [0.25, 0.3) is 0 Å². The molecule has 0 spiro atoms.